The van der Waals surface area contributed by atoms with Gasteiger partial charge in [0.25, 0.3) is 10.0 Å². The highest BCUT2D eigenvalue weighted by atomic mass is 79.9. The van der Waals surface area contributed by atoms with Gasteiger partial charge in [0.1, 0.15) is 4.90 Å². The number of hydrogen-bond acceptors (Lipinski definition) is 4. The van der Waals surface area contributed by atoms with Crippen LogP contribution in [0, 0.1) is 13.8 Å². The van der Waals surface area contributed by atoms with Crippen LogP contribution in [-0.4, -0.2) is 18.2 Å². The average Bonchev–Trinajstić information content (AvgIpc) is 2.64. The van der Waals surface area contributed by atoms with Crippen molar-refractivity contribution in [1.82, 2.24) is 9.78 Å². The molecule has 0 saturated carbocycles. The Bertz CT molecular complexity index is 745. The van der Waals surface area contributed by atoms with Gasteiger partial charge in [-0.3, -0.25) is 9.40 Å². The molecule has 0 aliphatic heterocycles. The Morgan fingerprint density at radius 1 is 1.35 bits per heavy atom. The number of nitrogens with two attached hydrogens (primary N) is 1. The van der Waals surface area contributed by atoms with Crippen molar-refractivity contribution in [3.8, 4) is 0 Å². The molecule has 0 amide bonds. The summed E-state index contributed by atoms with van der Waals surface area (Å²) in [6.45, 7) is 3.78. The molecule has 0 spiro atoms. The van der Waals surface area contributed by atoms with E-state index in [0.717, 1.165) is 11.1 Å². The second-order valence-corrected chi connectivity index (χ2v) is 7.10. The molecule has 0 saturated heterocycles. The summed E-state index contributed by atoms with van der Waals surface area (Å²) in [5.41, 5.74) is 7.98. The molecular weight excluding hydrogens is 344 g/mol. The van der Waals surface area contributed by atoms with Gasteiger partial charge in [-0.05, 0) is 47.0 Å². The van der Waals surface area contributed by atoms with Crippen molar-refractivity contribution in [2.24, 2.45) is 7.05 Å². The average molecular weight is 359 g/mol. The number of rotatable bonds is 3. The lowest BCUT2D eigenvalue weighted by Crippen LogP contribution is -2.15. The fourth-order valence-corrected chi connectivity index (χ4v) is 4.09. The summed E-state index contributed by atoms with van der Waals surface area (Å²) in [6, 6.07) is 3.74. The number of nitrogens with zero attached hydrogens (tertiary/aromatic N) is 2. The van der Waals surface area contributed by atoms with Gasteiger partial charge >= 0.3 is 0 Å². The quantitative estimate of drug-likeness (QED) is 0.879. The molecule has 6 nitrogen and oxygen atoms in total. The van der Waals surface area contributed by atoms with Crippen LogP contribution in [0.25, 0.3) is 0 Å². The monoisotopic (exact) mass is 358 g/mol. The van der Waals surface area contributed by atoms with Crippen molar-refractivity contribution in [3.05, 3.63) is 33.9 Å². The van der Waals surface area contributed by atoms with Crippen molar-refractivity contribution in [3.63, 3.8) is 0 Å². The van der Waals surface area contributed by atoms with Gasteiger partial charge < -0.3 is 5.73 Å². The molecule has 2 aromatic rings. The van der Waals surface area contributed by atoms with Crippen LogP contribution in [0.2, 0.25) is 0 Å². The highest BCUT2D eigenvalue weighted by molar-refractivity contribution is 9.10. The fourth-order valence-electron chi connectivity index (χ4n) is 1.93. The van der Waals surface area contributed by atoms with Crippen LogP contribution in [-0.2, 0) is 17.1 Å². The molecule has 1 heterocycles. The molecule has 20 heavy (non-hydrogen) atoms. The number of aryl methyl sites for hydroxylation is 3. The third-order valence-corrected chi connectivity index (χ3v) is 4.77. The lowest BCUT2D eigenvalue weighted by molar-refractivity contribution is 0.601. The predicted molar refractivity (Wildman–Crippen MR) is 82.0 cm³/mol. The summed E-state index contributed by atoms with van der Waals surface area (Å²) in [5.74, 6) is -0.0270. The summed E-state index contributed by atoms with van der Waals surface area (Å²) in [4.78, 5) is -0.0353. The van der Waals surface area contributed by atoms with Crippen molar-refractivity contribution < 1.29 is 8.42 Å². The van der Waals surface area contributed by atoms with Crippen LogP contribution in [0.4, 0.5) is 11.5 Å². The van der Waals surface area contributed by atoms with Gasteiger partial charge in [-0.15, -0.1) is 0 Å². The van der Waals surface area contributed by atoms with Crippen LogP contribution < -0.4 is 10.5 Å². The van der Waals surface area contributed by atoms with E-state index < -0.39 is 10.0 Å². The number of nitrogen functional groups attached to an aromatic ring is 1. The third kappa shape index (κ3) is 2.80. The number of benzene rings is 1. The van der Waals surface area contributed by atoms with E-state index in [9.17, 15) is 8.42 Å². The van der Waals surface area contributed by atoms with Crippen LogP contribution in [0.5, 0.6) is 0 Å². The largest absolute Gasteiger partial charge is 0.381 e. The zero-order valence-corrected chi connectivity index (χ0v) is 13.7. The second kappa shape index (κ2) is 5.10. The van der Waals surface area contributed by atoms with Crippen LogP contribution >= 0.6 is 15.9 Å². The molecule has 1 aromatic heterocycles. The van der Waals surface area contributed by atoms with E-state index in [-0.39, 0.29) is 10.7 Å². The first-order valence-corrected chi connectivity index (χ1v) is 8.07. The van der Waals surface area contributed by atoms with Gasteiger partial charge in [0.2, 0.25) is 0 Å². The van der Waals surface area contributed by atoms with Crippen molar-refractivity contribution in [1.29, 1.82) is 0 Å². The molecule has 0 radical (unpaired) electrons. The Morgan fingerprint density at radius 2 is 2.00 bits per heavy atom. The normalized spacial score (nSPS) is 11.6. The van der Waals surface area contributed by atoms with Gasteiger partial charge in [0.05, 0.1) is 5.69 Å². The van der Waals surface area contributed by atoms with Crippen molar-refractivity contribution in [2.75, 3.05) is 10.5 Å². The third-order valence-electron chi connectivity index (χ3n) is 2.78. The highest BCUT2D eigenvalue weighted by Gasteiger charge is 2.22. The maximum Gasteiger partial charge on any atom is 0.267 e. The smallest absolute Gasteiger partial charge is 0.267 e. The SMILES string of the molecule is Cc1cc(C)c(NS(=O)(=O)c2cn(C)nc2N)c(Br)c1. The van der Waals surface area contributed by atoms with E-state index in [1.54, 1.807) is 7.05 Å². The summed E-state index contributed by atoms with van der Waals surface area (Å²) in [7, 11) is -2.16. The number of anilines is 2. The molecule has 0 aliphatic rings. The molecule has 0 atom stereocenters. The van der Waals surface area contributed by atoms with Crippen LogP contribution in [0.15, 0.2) is 27.7 Å². The van der Waals surface area contributed by atoms with Gasteiger partial charge in [-0.25, -0.2) is 8.42 Å². The lowest BCUT2D eigenvalue weighted by atomic mass is 10.1. The van der Waals surface area contributed by atoms with E-state index in [0.29, 0.717) is 10.2 Å². The van der Waals surface area contributed by atoms with E-state index in [2.05, 4.69) is 25.8 Å². The van der Waals surface area contributed by atoms with Crippen LogP contribution in [0.1, 0.15) is 11.1 Å². The molecule has 0 bridgehead atoms. The maximum absolute atomic E-state index is 12.4. The number of sulfonamides is 1. The van der Waals surface area contributed by atoms with Gasteiger partial charge in [0.15, 0.2) is 5.82 Å². The minimum absolute atomic E-state index is 0.0270. The molecule has 0 unspecified atom stereocenters. The molecule has 8 heteroatoms. The molecule has 2 rings (SSSR count). The zero-order valence-electron chi connectivity index (χ0n) is 11.3. The number of nitrogens with one attached hydrogen (secondary N) is 1. The van der Waals surface area contributed by atoms with Crippen LogP contribution in [0.3, 0.4) is 0 Å². The minimum atomic E-state index is -3.77. The highest BCUT2D eigenvalue weighted by Crippen LogP contribution is 2.30. The number of aromatic nitrogens is 2. The minimum Gasteiger partial charge on any atom is -0.381 e. The van der Waals surface area contributed by atoms with E-state index in [4.69, 9.17) is 5.73 Å². The van der Waals surface area contributed by atoms with Crippen molar-refractivity contribution >= 4 is 37.5 Å². The Labute approximate surface area is 126 Å². The summed E-state index contributed by atoms with van der Waals surface area (Å²) in [5, 5.41) is 3.84. The second-order valence-electron chi connectivity index (χ2n) is 4.60. The summed E-state index contributed by atoms with van der Waals surface area (Å²) >= 11 is 3.37. The zero-order chi connectivity index (χ0) is 15.1. The lowest BCUT2D eigenvalue weighted by Gasteiger charge is -2.12. The molecule has 3 N–H and O–H groups in total. The standard InChI is InChI=1S/C12H15BrN4O2S/c1-7-4-8(2)11(9(13)5-7)16-20(18,19)10-6-17(3)15-12(10)14/h4-6,16H,1-3H3,(H2,14,15). The Hall–Kier alpha value is -1.54. The molecular formula is C12H15BrN4O2S. The number of hydrogen-bond donors (Lipinski definition) is 2. The number of halogens is 1. The maximum atomic E-state index is 12.4. The topological polar surface area (TPSA) is 90.0 Å². The van der Waals surface area contributed by atoms with E-state index >= 15 is 0 Å². The van der Waals surface area contributed by atoms with Gasteiger partial charge in [0, 0.05) is 17.7 Å². The van der Waals surface area contributed by atoms with Crippen molar-refractivity contribution in [2.45, 2.75) is 18.7 Å². The molecule has 1 aromatic carbocycles. The van der Waals surface area contributed by atoms with E-state index in [1.165, 1.54) is 10.9 Å². The molecule has 0 fully saturated rings. The Morgan fingerprint density at radius 3 is 2.50 bits per heavy atom. The van der Waals surface area contributed by atoms with E-state index in [1.807, 2.05) is 26.0 Å². The Balaban J connectivity index is 2.46. The molecule has 108 valence electrons. The first-order chi connectivity index (χ1) is 9.20. The summed E-state index contributed by atoms with van der Waals surface area (Å²) < 4.78 is 29.3. The summed E-state index contributed by atoms with van der Waals surface area (Å²) in [6.07, 6.45) is 1.37. The first kappa shape index (κ1) is 14.9. The van der Waals surface area contributed by atoms with Gasteiger partial charge in [-0.2, -0.15) is 5.10 Å². The van der Waals surface area contributed by atoms with Gasteiger partial charge in [-0.1, -0.05) is 6.07 Å². The fraction of sp³-hybridized carbons (Fsp3) is 0.250. The Kier molecular flexibility index (Phi) is 3.79. The molecule has 0 aliphatic carbocycles. The first-order valence-electron chi connectivity index (χ1n) is 5.79. The predicted octanol–water partition coefficient (Wildman–Crippen LogP) is 2.18.